The molecule has 1 aromatic carbocycles. The molecular formula is C13H19F2N. The zero-order valence-corrected chi connectivity index (χ0v) is 9.84. The van der Waals surface area contributed by atoms with Crippen molar-refractivity contribution in [1.29, 1.82) is 0 Å². The van der Waals surface area contributed by atoms with E-state index in [4.69, 9.17) is 0 Å². The van der Waals surface area contributed by atoms with E-state index in [1.165, 1.54) is 25.3 Å². The van der Waals surface area contributed by atoms with E-state index >= 15 is 0 Å². The van der Waals surface area contributed by atoms with E-state index in [0.29, 0.717) is 0 Å². The molecule has 90 valence electrons. The molecule has 0 saturated heterocycles. The maximum absolute atomic E-state index is 12.3. The Labute approximate surface area is 95.9 Å². The van der Waals surface area contributed by atoms with E-state index in [0.717, 1.165) is 12.1 Å². The summed E-state index contributed by atoms with van der Waals surface area (Å²) >= 11 is 0. The molecule has 1 unspecified atom stereocenters. The number of anilines is 1. The van der Waals surface area contributed by atoms with Crippen LogP contribution in [0.5, 0.6) is 0 Å². The number of hydrogen-bond acceptors (Lipinski definition) is 1. The van der Waals surface area contributed by atoms with Crippen LogP contribution in [0.1, 0.15) is 32.3 Å². The summed E-state index contributed by atoms with van der Waals surface area (Å²) in [5, 5.41) is 2.77. The number of benzene rings is 1. The molecule has 1 rings (SSSR count). The zero-order valence-electron chi connectivity index (χ0n) is 9.84. The Bertz CT molecular complexity index is 295. The molecule has 1 atom stereocenters. The van der Waals surface area contributed by atoms with E-state index in [1.54, 1.807) is 0 Å². The van der Waals surface area contributed by atoms with E-state index < -0.39 is 12.5 Å². The number of halogens is 2. The van der Waals surface area contributed by atoms with Gasteiger partial charge in [0.1, 0.15) is 0 Å². The fourth-order valence-corrected chi connectivity index (χ4v) is 1.47. The Morgan fingerprint density at radius 3 is 2.31 bits per heavy atom. The van der Waals surface area contributed by atoms with Crippen LogP contribution < -0.4 is 5.32 Å². The van der Waals surface area contributed by atoms with Gasteiger partial charge in [0, 0.05) is 5.69 Å². The predicted molar refractivity (Wildman–Crippen MR) is 64.1 cm³/mol. The first-order valence-corrected chi connectivity index (χ1v) is 5.77. The van der Waals surface area contributed by atoms with Crippen molar-refractivity contribution >= 4 is 5.69 Å². The molecule has 0 heterocycles. The Balaban J connectivity index is 2.51. The molecule has 1 aromatic rings. The summed E-state index contributed by atoms with van der Waals surface area (Å²) in [4.78, 5) is 0. The van der Waals surface area contributed by atoms with Crippen LogP contribution >= 0.6 is 0 Å². The smallest absolute Gasteiger partial charge is 0.258 e. The monoisotopic (exact) mass is 227 g/mol. The largest absolute Gasteiger partial charge is 0.377 e. The molecule has 0 amide bonds. The van der Waals surface area contributed by atoms with Crippen LogP contribution in [0.4, 0.5) is 14.5 Å². The van der Waals surface area contributed by atoms with Gasteiger partial charge in [-0.05, 0) is 37.5 Å². The van der Waals surface area contributed by atoms with Gasteiger partial charge in [-0.2, -0.15) is 0 Å². The lowest BCUT2D eigenvalue weighted by molar-refractivity contribution is 0.131. The second-order valence-electron chi connectivity index (χ2n) is 4.07. The van der Waals surface area contributed by atoms with Gasteiger partial charge in [0.15, 0.2) is 0 Å². The molecule has 0 fully saturated rings. The second kappa shape index (κ2) is 6.46. The van der Waals surface area contributed by atoms with Crippen molar-refractivity contribution < 1.29 is 8.78 Å². The van der Waals surface area contributed by atoms with Crippen LogP contribution in [-0.4, -0.2) is 12.5 Å². The lowest BCUT2D eigenvalue weighted by Gasteiger charge is -2.14. The third kappa shape index (κ3) is 4.17. The Kier molecular flexibility index (Phi) is 5.23. The van der Waals surface area contributed by atoms with Crippen molar-refractivity contribution in [2.24, 2.45) is 0 Å². The molecule has 0 radical (unpaired) electrons. The normalized spacial score (nSPS) is 12.8. The van der Waals surface area contributed by atoms with Crippen molar-refractivity contribution in [2.75, 3.05) is 5.32 Å². The van der Waals surface area contributed by atoms with E-state index in [1.807, 2.05) is 24.3 Å². The van der Waals surface area contributed by atoms with Gasteiger partial charge in [0.25, 0.3) is 6.43 Å². The molecule has 0 aliphatic carbocycles. The van der Waals surface area contributed by atoms with Crippen LogP contribution in [0.2, 0.25) is 0 Å². The number of alkyl halides is 2. The molecule has 16 heavy (non-hydrogen) atoms. The fourth-order valence-electron chi connectivity index (χ4n) is 1.47. The third-order valence-corrected chi connectivity index (χ3v) is 2.55. The Hall–Kier alpha value is -1.12. The highest BCUT2D eigenvalue weighted by Gasteiger charge is 2.13. The Morgan fingerprint density at radius 1 is 1.19 bits per heavy atom. The number of unbranched alkanes of at least 4 members (excludes halogenated alkanes) is 1. The van der Waals surface area contributed by atoms with Gasteiger partial charge in [-0.15, -0.1) is 0 Å². The minimum Gasteiger partial charge on any atom is -0.377 e. The summed E-state index contributed by atoms with van der Waals surface area (Å²) in [5.74, 6) is 0. The van der Waals surface area contributed by atoms with E-state index in [2.05, 4.69) is 12.2 Å². The molecule has 0 bridgehead atoms. The third-order valence-electron chi connectivity index (χ3n) is 2.55. The minimum atomic E-state index is -2.33. The molecule has 0 saturated carbocycles. The first-order valence-electron chi connectivity index (χ1n) is 5.77. The van der Waals surface area contributed by atoms with Crippen molar-refractivity contribution in [3.63, 3.8) is 0 Å². The van der Waals surface area contributed by atoms with Crippen molar-refractivity contribution in [2.45, 2.75) is 45.6 Å². The van der Waals surface area contributed by atoms with Crippen LogP contribution in [-0.2, 0) is 6.42 Å². The topological polar surface area (TPSA) is 12.0 Å². The number of aryl methyl sites for hydroxylation is 1. The van der Waals surface area contributed by atoms with Gasteiger partial charge in [0.05, 0.1) is 6.04 Å². The molecule has 0 aliphatic rings. The maximum Gasteiger partial charge on any atom is 0.258 e. The molecule has 0 aliphatic heterocycles. The van der Waals surface area contributed by atoms with Gasteiger partial charge in [0.2, 0.25) is 0 Å². The molecule has 1 N–H and O–H groups in total. The first-order chi connectivity index (χ1) is 7.63. The first kappa shape index (κ1) is 12.9. The van der Waals surface area contributed by atoms with Crippen LogP contribution in [0.25, 0.3) is 0 Å². The summed E-state index contributed by atoms with van der Waals surface area (Å²) in [5.41, 5.74) is 2.02. The van der Waals surface area contributed by atoms with E-state index in [9.17, 15) is 8.78 Å². The van der Waals surface area contributed by atoms with Crippen LogP contribution in [0.3, 0.4) is 0 Å². The second-order valence-corrected chi connectivity index (χ2v) is 4.07. The molecule has 1 nitrogen and oxygen atoms in total. The van der Waals surface area contributed by atoms with Crippen molar-refractivity contribution in [1.82, 2.24) is 0 Å². The van der Waals surface area contributed by atoms with Crippen LogP contribution in [0, 0.1) is 0 Å². The highest BCUT2D eigenvalue weighted by atomic mass is 19.3. The average molecular weight is 227 g/mol. The van der Waals surface area contributed by atoms with Gasteiger partial charge in [-0.25, -0.2) is 8.78 Å². The zero-order chi connectivity index (χ0) is 12.0. The minimum absolute atomic E-state index is 0.757. The molecule has 3 heteroatoms. The quantitative estimate of drug-likeness (QED) is 0.771. The summed E-state index contributed by atoms with van der Waals surface area (Å²) in [6.45, 7) is 3.63. The highest BCUT2D eigenvalue weighted by Crippen LogP contribution is 2.14. The molecule has 0 spiro atoms. The number of hydrogen-bond donors (Lipinski definition) is 1. The lowest BCUT2D eigenvalue weighted by atomic mass is 10.1. The molecule has 0 aromatic heterocycles. The number of nitrogens with one attached hydrogen (secondary N) is 1. The summed E-state index contributed by atoms with van der Waals surface area (Å²) < 4.78 is 24.6. The maximum atomic E-state index is 12.3. The van der Waals surface area contributed by atoms with Crippen molar-refractivity contribution in [3.8, 4) is 0 Å². The summed E-state index contributed by atoms with van der Waals surface area (Å²) in [6, 6.07) is 6.92. The summed E-state index contributed by atoms with van der Waals surface area (Å²) in [7, 11) is 0. The van der Waals surface area contributed by atoms with Gasteiger partial charge in [-0.1, -0.05) is 25.5 Å². The predicted octanol–water partition coefficient (Wildman–Crippen LogP) is 4.09. The number of rotatable bonds is 6. The standard InChI is InChI=1S/C13H19F2N/c1-3-4-5-11-6-8-12(9-7-11)16-10(2)13(14)15/h6-10,13,16H,3-5H2,1-2H3. The van der Waals surface area contributed by atoms with E-state index in [-0.39, 0.29) is 0 Å². The van der Waals surface area contributed by atoms with Gasteiger partial charge >= 0.3 is 0 Å². The molecular weight excluding hydrogens is 208 g/mol. The SMILES string of the molecule is CCCCc1ccc(NC(C)C(F)F)cc1. The van der Waals surface area contributed by atoms with Crippen LogP contribution in [0.15, 0.2) is 24.3 Å². The summed E-state index contributed by atoms with van der Waals surface area (Å²) in [6.07, 6.45) is 1.06. The Morgan fingerprint density at radius 2 is 1.81 bits per heavy atom. The average Bonchev–Trinajstić information content (AvgIpc) is 2.28. The highest BCUT2D eigenvalue weighted by molar-refractivity contribution is 5.45. The van der Waals surface area contributed by atoms with Crippen molar-refractivity contribution in [3.05, 3.63) is 29.8 Å². The van der Waals surface area contributed by atoms with Gasteiger partial charge < -0.3 is 5.32 Å². The fraction of sp³-hybridized carbons (Fsp3) is 0.538. The van der Waals surface area contributed by atoms with Gasteiger partial charge in [-0.3, -0.25) is 0 Å². The lowest BCUT2D eigenvalue weighted by Crippen LogP contribution is -2.23.